The summed E-state index contributed by atoms with van der Waals surface area (Å²) in [4.78, 5) is 12.3. The number of nitrogens with zero attached hydrogens (tertiary/aromatic N) is 2. The lowest BCUT2D eigenvalue weighted by atomic mass is 9.96. The van der Waals surface area contributed by atoms with E-state index in [0.717, 1.165) is 23.1 Å². The van der Waals surface area contributed by atoms with Gasteiger partial charge in [0.2, 0.25) is 0 Å². The van der Waals surface area contributed by atoms with Crippen molar-refractivity contribution in [2.24, 2.45) is 0 Å². The van der Waals surface area contributed by atoms with Gasteiger partial charge in [-0.05, 0) is 31.0 Å². The zero-order chi connectivity index (χ0) is 14.7. The summed E-state index contributed by atoms with van der Waals surface area (Å²) in [5, 5.41) is 7.37. The lowest BCUT2D eigenvalue weighted by molar-refractivity contribution is 0.102. The van der Waals surface area contributed by atoms with Crippen LogP contribution in [-0.4, -0.2) is 15.7 Å². The summed E-state index contributed by atoms with van der Waals surface area (Å²) in [6.07, 6.45) is 7.82. The minimum atomic E-state index is -0.103. The molecule has 3 rings (SSSR count). The van der Waals surface area contributed by atoms with Gasteiger partial charge in [0.15, 0.2) is 0 Å². The molecule has 21 heavy (non-hydrogen) atoms. The Morgan fingerprint density at radius 3 is 2.81 bits per heavy atom. The van der Waals surface area contributed by atoms with E-state index in [-0.39, 0.29) is 5.91 Å². The van der Waals surface area contributed by atoms with Gasteiger partial charge in [0.1, 0.15) is 5.82 Å². The van der Waals surface area contributed by atoms with Gasteiger partial charge in [-0.25, -0.2) is 4.68 Å². The van der Waals surface area contributed by atoms with E-state index in [4.69, 9.17) is 0 Å². The number of hydrogen-bond acceptors (Lipinski definition) is 2. The molecule has 0 radical (unpaired) electrons. The Bertz CT molecular complexity index is 632. The largest absolute Gasteiger partial charge is 0.307 e. The van der Waals surface area contributed by atoms with Crippen molar-refractivity contribution in [3.63, 3.8) is 0 Å². The van der Waals surface area contributed by atoms with Crippen LogP contribution in [0.5, 0.6) is 0 Å². The molecule has 4 nitrogen and oxygen atoms in total. The van der Waals surface area contributed by atoms with Gasteiger partial charge < -0.3 is 5.32 Å². The van der Waals surface area contributed by atoms with Crippen molar-refractivity contribution in [3.8, 4) is 0 Å². The van der Waals surface area contributed by atoms with Crippen molar-refractivity contribution in [1.29, 1.82) is 0 Å². The fourth-order valence-electron chi connectivity index (χ4n) is 2.85. The van der Waals surface area contributed by atoms with E-state index in [1.165, 1.54) is 19.3 Å². The molecule has 1 saturated carbocycles. The summed E-state index contributed by atoms with van der Waals surface area (Å²) >= 11 is 3.39. The molecular formula is C16H18BrN3O. The Hall–Kier alpha value is -1.62. The molecule has 0 bridgehead atoms. The summed E-state index contributed by atoms with van der Waals surface area (Å²) in [6.45, 7) is 0. The van der Waals surface area contributed by atoms with Crippen LogP contribution >= 0.6 is 15.9 Å². The van der Waals surface area contributed by atoms with Crippen LogP contribution < -0.4 is 5.32 Å². The summed E-state index contributed by atoms with van der Waals surface area (Å²) in [6, 6.07) is 9.66. The van der Waals surface area contributed by atoms with Gasteiger partial charge in [0.05, 0.1) is 12.2 Å². The molecule has 2 aromatic rings. The normalized spacial score (nSPS) is 15.9. The second kappa shape index (κ2) is 6.43. The maximum atomic E-state index is 12.3. The molecular weight excluding hydrogens is 330 g/mol. The molecule has 1 aromatic heterocycles. The van der Waals surface area contributed by atoms with Gasteiger partial charge in [0, 0.05) is 16.1 Å². The quantitative estimate of drug-likeness (QED) is 0.894. The highest BCUT2D eigenvalue weighted by molar-refractivity contribution is 9.10. The highest BCUT2D eigenvalue weighted by Crippen LogP contribution is 2.30. The first-order valence-electron chi connectivity index (χ1n) is 7.34. The zero-order valence-electron chi connectivity index (χ0n) is 11.8. The molecule has 0 atom stereocenters. The van der Waals surface area contributed by atoms with Crippen LogP contribution in [0.1, 0.15) is 48.5 Å². The smallest absolute Gasteiger partial charge is 0.256 e. The van der Waals surface area contributed by atoms with E-state index in [1.54, 1.807) is 12.3 Å². The lowest BCUT2D eigenvalue weighted by Crippen LogP contribution is -2.20. The fraction of sp³-hybridized carbons (Fsp3) is 0.375. The van der Waals surface area contributed by atoms with E-state index < -0.39 is 0 Å². The van der Waals surface area contributed by atoms with Gasteiger partial charge in [-0.1, -0.05) is 41.3 Å². The number of carbonyl (C=O) groups excluding carboxylic acids is 1. The van der Waals surface area contributed by atoms with Crippen molar-refractivity contribution >= 4 is 27.7 Å². The Morgan fingerprint density at radius 2 is 2.05 bits per heavy atom. The third-order valence-corrected chi connectivity index (χ3v) is 4.41. The Morgan fingerprint density at radius 1 is 1.24 bits per heavy atom. The maximum Gasteiger partial charge on any atom is 0.256 e. The number of halogens is 1. The predicted octanol–water partition coefficient (Wildman–Crippen LogP) is 4.40. The number of hydrogen-bond donors (Lipinski definition) is 1. The molecule has 0 saturated heterocycles. The lowest BCUT2D eigenvalue weighted by Gasteiger charge is -2.23. The number of benzene rings is 1. The number of anilines is 1. The van der Waals surface area contributed by atoms with Crippen LogP contribution in [0, 0.1) is 0 Å². The number of carbonyl (C=O) groups is 1. The van der Waals surface area contributed by atoms with Crippen LogP contribution in [0.3, 0.4) is 0 Å². The van der Waals surface area contributed by atoms with Crippen LogP contribution in [-0.2, 0) is 0 Å². The van der Waals surface area contributed by atoms with Crippen molar-refractivity contribution in [2.75, 3.05) is 5.32 Å². The topological polar surface area (TPSA) is 46.9 Å². The second-order valence-electron chi connectivity index (χ2n) is 5.42. The Balaban J connectivity index is 1.76. The molecule has 1 N–H and O–H groups in total. The van der Waals surface area contributed by atoms with Crippen LogP contribution in [0.25, 0.3) is 0 Å². The molecule has 1 aliphatic rings. The second-order valence-corrected chi connectivity index (χ2v) is 6.33. The minimum absolute atomic E-state index is 0.103. The fourth-order valence-corrected chi connectivity index (χ4v) is 3.25. The van der Waals surface area contributed by atoms with Crippen molar-refractivity contribution in [1.82, 2.24) is 9.78 Å². The number of rotatable bonds is 3. The summed E-state index contributed by atoms with van der Waals surface area (Å²) in [7, 11) is 0. The molecule has 110 valence electrons. The third-order valence-electron chi connectivity index (χ3n) is 3.92. The average Bonchev–Trinajstić information content (AvgIpc) is 2.96. The first kappa shape index (κ1) is 14.3. The standard InChI is InChI=1S/C16H18BrN3O/c17-13-6-4-5-12(11-13)16(21)19-15-9-10-18-20(15)14-7-2-1-3-8-14/h4-6,9-11,14H,1-3,7-8H2,(H,19,21). The molecule has 1 amide bonds. The highest BCUT2D eigenvalue weighted by atomic mass is 79.9. The minimum Gasteiger partial charge on any atom is -0.307 e. The molecule has 5 heteroatoms. The highest BCUT2D eigenvalue weighted by Gasteiger charge is 2.19. The maximum absolute atomic E-state index is 12.3. The van der Waals surface area contributed by atoms with E-state index in [2.05, 4.69) is 26.3 Å². The van der Waals surface area contributed by atoms with Gasteiger partial charge in [0.25, 0.3) is 5.91 Å². The first-order chi connectivity index (χ1) is 10.2. The summed E-state index contributed by atoms with van der Waals surface area (Å²) in [5.41, 5.74) is 0.640. The predicted molar refractivity (Wildman–Crippen MR) is 86.4 cm³/mol. The van der Waals surface area contributed by atoms with Crippen LogP contribution in [0.4, 0.5) is 5.82 Å². The monoisotopic (exact) mass is 347 g/mol. The van der Waals surface area contributed by atoms with E-state index >= 15 is 0 Å². The van der Waals surface area contributed by atoms with Gasteiger partial charge in [-0.15, -0.1) is 0 Å². The van der Waals surface area contributed by atoms with Crippen molar-refractivity contribution in [2.45, 2.75) is 38.1 Å². The van der Waals surface area contributed by atoms with Crippen LogP contribution in [0.15, 0.2) is 41.0 Å². The number of nitrogens with one attached hydrogen (secondary N) is 1. The SMILES string of the molecule is O=C(Nc1ccnn1C1CCCCC1)c1cccc(Br)c1. The Kier molecular flexibility index (Phi) is 4.39. The Labute approximate surface area is 132 Å². The molecule has 1 heterocycles. The first-order valence-corrected chi connectivity index (χ1v) is 8.14. The zero-order valence-corrected chi connectivity index (χ0v) is 13.3. The summed E-state index contributed by atoms with van der Waals surface area (Å²) < 4.78 is 2.87. The number of aromatic nitrogens is 2. The van der Waals surface area contributed by atoms with Crippen LogP contribution in [0.2, 0.25) is 0 Å². The van der Waals surface area contributed by atoms with E-state index in [0.29, 0.717) is 11.6 Å². The van der Waals surface area contributed by atoms with Crippen molar-refractivity contribution < 1.29 is 4.79 Å². The third kappa shape index (κ3) is 3.35. The van der Waals surface area contributed by atoms with E-state index in [1.807, 2.05) is 28.9 Å². The van der Waals surface area contributed by atoms with Gasteiger partial charge in [-0.2, -0.15) is 5.10 Å². The molecule has 0 unspecified atom stereocenters. The molecule has 0 spiro atoms. The number of amides is 1. The molecule has 1 aliphatic carbocycles. The average molecular weight is 348 g/mol. The molecule has 1 fully saturated rings. The molecule has 1 aromatic carbocycles. The molecule has 0 aliphatic heterocycles. The van der Waals surface area contributed by atoms with Gasteiger partial charge in [-0.3, -0.25) is 4.79 Å². The van der Waals surface area contributed by atoms with Gasteiger partial charge >= 0.3 is 0 Å². The van der Waals surface area contributed by atoms with Crippen molar-refractivity contribution in [3.05, 3.63) is 46.6 Å². The van der Waals surface area contributed by atoms with E-state index in [9.17, 15) is 4.79 Å². The summed E-state index contributed by atoms with van der Waals surface area (Å²) in [5.74, 6) is 0.681.